The van der Waals surface area contributed by atoms with Gasteiger partial charge in [0.1, 0.15) is 18.1 Å². The SMILES string of the molecule is Cc1noc(C)c1COc1ccccc1C(=O)NCC1(C(N)=O)CCOCC1. The van der Waals surface area contributed by atoms with Crippen LogP contribution in [0.4, 0.5) is 0 Å². The second-order valence-corrected chi connectivity index (χ2v) is 7.03. The summed E-state index contributed by atoms with van der Waals surface area (Å²) in [5, 5.41) is 6.74. The van der Waals surface area contributed by atoms with E-state index in [2.05, 4.69) is 10.5 Å². The third kappa shape index (κ3) is 4.17. The summed E-state index contributed by atoms with van der Waals surface area (Å²) in [5.41, 5.74) is 6.82. The maximum absolute atomic E-state index is 12.8. The molecule has 8 heteroatoms. The van der Waals surface area contributed by atoms with E-state index in [1.807, 2.05) is 13.8 Å². The summed E-state index contributed by atoms with van der Waals surface area (Å²) in [6.45, 7) is 4.97. The Labute approximate surface area is 163 Å². The first-order valence-electron chi connectivity index (χ1n) is 9.22. The van der Waals surface area contributed by atoms with Crippen LogP contribution in [0.2, 0.25) is 0 Å². The second-order valence-electron chi connectivity index (χ2n) is 7.03. The zero-order valence-electron chi connectivity index (χ0n) is 16.1. The molecule has 1 saturated heterocycles. The molecule has 0 bridgehead atoms. The molecule has 1 aromatic carbocycles. The highest BCUT2D eigenvalue weighted by Gasteiger charge is 2.38. The van der Waals surface area contributed by atoms with Crippen molar-refractivity contribution in [2.45, 2.75) is 33.3 Å². The smallest absolute Gasteiger partial charge is 0.255 e. The number of benzene rings is 1. The molecule has 1 fully saturated rings. The molecule has 3 N–H and O–H groups in total. The standard InChI is InChI=1S/C20H25N3O5/c1-13-16(14(2)28-23-13)11-27-17-6-4-3-5-15(17)18(24)22-12-20(19(21)25)7-9-26-10-8-20/h3-6H,7-12H2,1-2H3,(H2,21,25)(H,22,24). The van der Waals surface area contributed by atoms with Gasteiger partial charge in [-0.2, -0.15) is 0 Å². The van der Waals surface area contributed by atoms with Crippen LogP contribution in [-0.2, 0) is 16.1 Å². The Morgan fingerprint density at radius 3 is 2.61 bits per heavy atom. The Balaban J connectivity index is 1.69. The fourth-order valence-corrected chi connectivity index (χ4v) is 3.26. The summed E-state index contributed by atoms with van der Waals surface area (Å²) < 4.78 is 16.3. The molecule has 0 aliphatic carbocycles. The van der Waals surface area contributed by atoms with Gasteiger partial charge in [-0.05, 0) is 38.8 Å². The molecule has 150 valence electrons. The number of para-hydroxylation sites is 1. The molecule has 0 spiro atoms. The van der Waals surface area contributed by atoms with E-state index in [-0.39, 0.29) is 19.1 Å². The van der Waals surface area contributed by atoms with Crippen molar-refractivity contribution in [2.24, 2.45) is 11.1 Å². The summed E-state index contributed by atoms with van der Waals surface area (Å²) >= 11 is 0. The number of ether oxygens (including phenoxy) is 2. The Morgan fingerprint density at radius 2 is 1.96 bits per heavy atom. The monoisotopic (exact) mass is 387 g/mol. The zero-order chi connectivity index (χ0) is 20.1. The number of rotatable bonds is 7. The van der Waals surface area contributed by atoms with Crippen LogP contribution in [0, 0.1) is 19.3 Å². The summed E-state index contributed by atoms with van der Waals surface area (Å²) in [6.07, 6.45) is 0.986. The van der Waals surface area contributed by atoms with Crippen molar-refractivity contribution in [3.8, 4) is 5.75 Å². The Hall–Kier alpha value is -2.87. The van der Waals surface area contributed by atoms with E-state index in [1.54, 1.807) is 24.3 Å². The van der Waals surface area contributed by atoms with Crippen LogP contribution in [0.5, 0.6) is 5.75 Å². The van der Waals surface area contributed by atoms with Crippen LogP contribution in [-0.4, -0.2) is 36.7 Å². The number of nitrogens with two attached hydrogens (primary N) is 1. The first-order valence-corrected chi connectivity index (χ1v) is 9.22. The lowest BCUT2D eigenvalue weighted by atomic mass is 9.79. The summed E-state index contributed by atoms with van der Waals surface area (Å²) in [7, 11) is 0. The minimum atomic E-state index is -0.777. The topological polar surface area (TPSA) is 117 Å². The molecule has 1 aliphatic heterocycles. The number of hydrogen-bond acceptors (Lipinski definition) is 6. The maximum atomic E-state index is 12.8. The van der Waals surface area contributed by atoms with E-state index < -0.39 is 11.3 Å². The van der Waals surface area contributed by atoms with Crippen molar-refractivity contribution in [1.82, 2.24) is 10.5 Å². The summed E-state index contributed by atoms with van der Waals surface area (Å²) in [6, 6.07) is 6.96. The minimum Gasteiger partial charge on any atom is -0.488 e. The molecule has 0 atom stereocenters. The lowest BCUT2D eigenvalue weighted by Gasteiger charge is -2.34. The predicted molar refractivity (Wildman–Crippen MR) is 101 cm³/mol. The number of aryl methyl sites for hydroxylation is 2. The molecule has 0 unspecified atom stereocenters. The first-order chi connectivity index (χ1) is 13.4. The Bertz CT molecular complexity index is 836. The Morgan fingerprint density at radius 1 is 1.25 bits per heavy atom. The number of aromatic nitrogens is 1. The normalized spacial score (nSPS) is 15.8. The molecule has 2 amide bonds. The second kappa shape index (κ2) is 8.43. The van der Waals surface area contributed by atoms with E-state index in [9.17, 15) is 9.59 Å². The third-order valence-electron chi connectivity index (χ3n) is 5.24. The van der Waals surface area contributed by atoms with Crippen molar-refractivity contribution < 1.29 is 23.6 Å². The average Bonchev–Trinajstić information content (AvgIpc) is 3.03. The van der Waals surface area contributed by atoms with E-state index in [0.717, 1.165) is 11.3 Å². The van der Waals surface area contributed by atoms with Crippen molar-refractivity contribution in [3.05, 3.63) is 46.8 Å². The van der Waals surface area contributed by atoms with Gasteiger partial charge in [-0.1, -0.05) is 17.3 Å². The molecule has 0 radical (unpaired) electrons. The molecule has 1 aromatic heterocycles. The highest BCUT2D eigenvalue weighted by molar-refractivity contribution is 5.97. The van der Waals surface area contributed by atoms with E-state index >= 15 is 0 Å². The van der Waals surface area contributed by atoms with Gasteiger partial charge in [0.25, 0.3) is 5.91 Å². The van der Waals surface area contributed by atoms with Crippen molar-refractivity contribution in [2.75, 3.05) is 19.8 Å². The molecule has 3 rings (SSSR count). The van der Waals surface area contributed by atoms with Crippen LogP contribution in [0.1, 0.15) is 40.2 Å². The van der Waals surface area contributed by atoms with Crippen LogP contribution in [0.25, 0.3) is 0 Å². The molecule has 2 aromatic rings. The quantitative estimate of drug-likeness (QED) is 0.749. The van der Waals surface area contributed by atoms with Crippen LogP contribution >= 0.6 is 0 Å². The van der Waals surface area contributed by atoms with Gasteiger partial charge in [0.05, 0.1) is 22.2 Å². The number of carbonyl (C=O) groups is 2. The first kappa shape index (κ1) is 19.9. The van der Waals surface area contributed by atoms with Gasteiger partial charge in [-0.25, -0.2) is 0 Å². The molecular weight excluding hydrogens is 362 g/mol. The Kier molecular flexibility index (Phi) is 5.99. The zero-order valence-corrected chi connectivity index (χ0v) is 16.1. The lowest BCUT2D eigenvalue weighted by molar-refractivity contribution is -0.132. The maximum Gasteiger partial charge on any atom is 0.255 e. The van der Waals surface area contributed by atoms with Crippen LogP contribution < -0.4 is 15.8 Å². The van der Waals surface area contributed by atoms with E-state index in [4.69, 9.17) is 19.7 Å². The van der Waals surface area contributed by atoms with Gasteiger partial charge in [-0.3, -0.25) is 9.59 Å². The van der Waals surface area contributed by atoms with Crippen LogP contribution in [0.3, 0.4) is 0 Å². The van der Waals surface area contributed by atoms with Gasteiger partial charge in [0.15, 0.2) is 0 Å². The minimum absolute atomic E-state index is 0.169. The van der Waals surface area contributed by atoms with Crippen molar-refractivity contribution >= 4 is 11.8 Å². The third-order valence-corrected chi connectivity index (χ3v) is 5.24. The molecular formula is C20H25N3O5. The van der Waals surface area contributed by atoms with Crippen molar-refractivity contribution in [1.29, 1.82) is 0 Å². The number of carbonyl (C=O) groups excluding carboxylic acids is 2. The van der Waals surface area contributed by atoms with Gasteiger partial charge in [0.2, 0.25) is 5.91 Å². The van der Waals surface area contributed by atoms with Gasteiger partial charge in [-0.15, -0.1) is 0 Å². The fraction of sp³-hybridized carbons (Fsp3) is 0.450. The molecule has 1 aliphatic rings. The van der Waals surface area contributed by atoms with Crippen LogP contribution in [0.15, 0.2) is 28.8 Å². The number of nitrogens with zero attached hydrogens (tertiary/aromatic N) is 1. The average molecular weight is 387 g/mol. The predicted octanol–water partition coefficient (Wildman–Crippen LogP) is 1.88. The summed E-state index contributed by atoms with van der Waals surface area (Å²) in [5.74, 6) is 0.392. The number of nitrogens with one attached hydrogen (secondary N) is 1. The lowest BCUT2D eigenvalue weighted by Crippen LogP contribution is -2.49. The fourth-order valence-electron chi connectivity index (χ4n) is 3.26. The van der Waals surface area contributed by atoms with E-state index in [0.29, 0.717) is 43.1 Å². The molecule has 8 nitrogen and oxygen atoms in total. The molecule has 2 heterocycles. The van der Waals surface area contributed by atoms with Crippen molar-refractivity contribution in [3.63, 3.8) is 0 Å². The largest absolute Gasteiger partial charge is 0.488 e. The van der Waals surface area contributed by atoms with E-state index in [1.165, 1.54) is 0 Å². The molecule has 0 saturated carbocycles. The number of hydrogen-bond donors (Lipinski definition) is 2. The van der Waals surface area contributed by atoms with Gasteiger partial charge >= 0.3 is 0 Å². The number of primary amides is 1. The van der Waals surface area contributed by atoms with Gasteiger partial charge in [0, 0.05) is 19.8 Å². The molecule has 28 heavy (non-hydrogen) atoms. The highest BCUT2D eigenvalue weighted by atomic mass is 16.5. The van der Waals surface area contributed by atoms with Gasteiger partial charge < -0.3 is 25.0 Å². The number of amides is 2. The highest BCUT2D eigenvalue weighted by Crippen LogP contribution is 2.30. The summed E-state index contributed by atoms with van der Waals surface area (Å²) in [4.78, 5) is 24.7.